The molecule has 5 nitrogen and oxygen atoms in total. The van der Waals surface area contributed by atoms with Crippen LogP contribution in [-0.2, 0) is 6.42 Å². The average molecular weight is 363 g/mol. The third kappa shape index (κ3) is 3.34. The number of fused-ring (bicyclic) bond motifs is 1. The van der Waals surface area contributed by atoms with Gasteiger partial charge >= 0.3 is 0 Å². The summed E-state index contributed by atoms with van der Waals surface area (Å²) in [6.45, 7) is 2.10. The predicted molar refractivity (Wildman–Crippen MR) is 105 cm³/mol. The predicted octanol–water partition coefficient (Wildman–Crippen LogP) is 4.65. The van der Waals surface area contributed by atoms with E-state index in [0.717, 1.165) is 29.7 Å². The first-order valence-corrected chi connectivity index (χ1v) is 9.68. The summed E-state index contributed by atoms with van der Waals surface area (Å²) in [5.74, 6) is 1.98. The number of aryl methyl sites for hydroxylation is 1. The standard InChI is InChI=1S/C22H25N3O2/c1-15-19(12-16-8-4-3-5-9-16)21(27-2)24-22-23-20(13-25(15)22)18-11-7-6-10-17(18)14-26/h6-7,10-11,13-14,16H,3-5,8-9,12H2,1-2H3. The highest BCUT2D eigenvalue weighted by atomic mass is 16.5. The average Bonchev–Trinajstić information content (AvgIpc) is 3.15. The third-order valence-corrected chi connectivity index (χ3v) is 5.72. The number of methoxy groups -OCH3 is 1. The Balaban J connectivity index is 1.79. The number of carbonyl (C=O) groups excluding carboxylic acids is 1. The number of carbonyl (C=O) groups is 1. The van der Waals surface area contributed by atoms with Gasteiger partial charge in [0.05, 0.1) is 12.8 Å². The van der Waals surface area contributed by atoms with Crippen molar-refractivity contribution in [2.45, 2.75) is 45.4 Å². The second-order valence-electron chi connectivity index (χ2n) is 7.39. The fourth-order valence-electron chi connectivity index (χ4n) is 4.20. The molecule has 27 heavy (non-hydrogen) atoms. The molecule has 0 radical (unpaired) electrons. The second kappa shape index (κ2) is 7.51. The van der Waals surface area contributed by atoms with Crippen LogP contribution in [0.2, 0.25) is 0 Å². The van der Waals surface area contributed by atoms with Crippen molar-refractivity contribution in [2.75, 3.05) is 7.11 Å². The molecule has 0 bridgehead atoms. The zero-order valence-corrected chi connectivity index (χ0v) is 15.9. The summed E-state index contributed by atoms with van der Waals surface area (Å²) >= 11 is 0. The molecule has 1 aliphatic carbocycles. The minimum atomic E-state index is 0.604. The first kappa shape index (κ1) is 17.7. The molecule has 0 unspecified atom stereocenters. The summed E-state index contributed by atoms with van der Waals surface area (Å²) in [7, 11) is 1.67. The molecule has 140 valence electrons. The van der Waals surface area contributed by atoms with Gasteiger partial charge in [-0.3, -0.25) is 9.20 Å². The summed E-state index contributed by atoms with van der Waals surface area (Å²) in [6, 6.07) is 7.50. The fourth-order valence-corrected chi connectivity index (χ4v) is 4.20. The van der Waals surface area contributed by atoms with E-state index in [4.69, 9.17) is 4.74 Å². The van der Waals surface area contributed by atoms with Crippen LogP contribution in [0, 0.1) is 12.8 Å². The SMILES string of the molecule is COc1nc2nc(-c3ccccc3C=O)cn2c(C)c1CC1CCCCC1. The van der Waals surface area contributed by atoms with Crippen LogP contribution in [0.1, 0.15) is 53.7 Å². The molecule has 3 aromatic rings. The Morgan fingerprint density at radius 2 is 1.96 bits per heavy atom. The van der Waals surface area contributed by atoms with Crippen molar-refractivity contribution in [2.24, 2.45) is 5.92 Å². The monoisotopic (exact) mass is 363 g/mol. The van der Waals surface area contributed by atoms with E-state index in [1.54, 1.807) is 7.11 Å². The van der Waals surface area contributed by atoms with Crippen LogP contribution in [0.3, 0.4) is 0 Å². The van der Waals surface area contributed by atoms with Crippen molar-refractivity contribution < 1.29 is 9.53 Å². The van der Waals surface area contributed by atoms with Gasteiger partial charge in [0, 0.05) is 28.6 Å². The molecule has 5 heteroatoms. The van der Waals surface area contributed by atoms with Gasteiger partial charge in [-0.15, -0.1) is 0 Å². The first-order chi connectivity index (χ1) is 13.2. The molecule has 0 saturated heterocycles. The highest BCUT2D eigenvalue weighted by Crippen LogP contribution is 2.32. The minimum absolute atomic E-state index is 0.604. The van der Waals surface area contributed by atoms with Crippen LogP contribution in [0.5, 0.6) is 5.88 Å². The Kier molecular flexibility index (Phi) is 4.92. The molecule has 4 rings (SSSR count). The Labute approximate surface area is 159 Å². The Morgan fingerprint density at radius 1 is 1.19 bits per heavy atom. The van der Waals surface area contributed by atoms with Gasteiger partial charge < -0.3 is 4.74 Å². The Hall–Kier alpha value is -2.69. The van der Waals surface area contributed by atoms with Crippen molar-refractivity contribution in [3.63, 3.8) is 0 Å². The topological polar surface area (TPSA) is 56.5 Å². The zero-order chi connectivity index (χ0) is 18.8. The smallest absolute Gasteiger partial charge is 0.237 e. The summed E-state index contributed by atoms with van der Waals surface area (Å²) in [4.78, 5) is 20.7. The molecule has 1 saturated carbocycles. The van der Waals surface area contributed by atoms with Crippen molar-refractivity contribution in [1.82, 2.24) is 14.4 Å². The number of aromatic nitrogens is 3. The number of aldehydes is 1. The van der Waals surface area contributed by atoms with Gasteiger partial charge in [0.15, 0.2) is 6.29 Å². The lowest BCUT2D eigenvalue weighted by Gasteiger charge is -2.23. The van der Waals surface area contributed by atoms with Gasteiger partial charge in [0.1, 0.15) is 0 Å². The van der Waals surface area contributed by atoms with Crippen LogP contribution in [0.25, 0.3) is 17.0 Å². The maximum atomic E-state index is 11.4. The summed E-state index contributed by atoms with van der Waals surface area (Å²) in [5.41, 5.74) is 4.50. The van der Waals surface area contributed by atoms with Gasteiger partial charge in [0.2, 0.25) is 11.7 Å². The second-order valence-corrected chi connectivity index (χ2v) is 7.39. The van der Waals surface area contributed by atoms with Gasteiger partial charge in [-0.1, -0.05) is 56.4 Å². The molecular weight excluding hydrogens is 338 g/mol. The molecular formula is C22H25N3O2. The van der Waals surface area contributed by atoms with E-state index in [-0.39, 0.29) is 0 Å². The summed E-state index contributed by atoms with van der Waals surface area (Å²) in [6.07, 6.45) is 10.4. The molecule has 2 heterocycles. The van der Waals surface area contributed by atoms with Crippen LogP contribution >= 0.6 is 0 Å². The third-order valence-electron chi connectivity index (χ3n) is 5.72. The molecule has 2 aromatic heterocycles. The van der Waals surface area contributed by atoms with Crippen LogP contribution in [0.15, 0.2) is 30.5 Å². The van der Waals surface area contributed by atoms with Crippen molar-refractivity contribution in [1.29, 1.82) is 0 Å². The number of hydrogen-bond acceptors (Lipinski definition) is 4. The largest absolute Gasteiger partial charge is 0.481 e. The Bertz CT molecular complexity index is 971. The summed E-state index contributed by atoms with van der Waals surface area (Å²) in [5, 5.41) is 0. The van der Waals surface area contributed by atoms with Gasteiger partial charge in [0.25, 0.3) is 0 Å². The van der Waals surface area contributed by atoms with Crippen LogP contribution in [-0.4, -0.2) is 27.8 Å². The van der Waals surface area contributed by atoms with E-state index in [1.165, 1.54) is 37.7 Å². The number of benzene rings is 1. The van der Waals surface area contributed by atoms with Crippen molar-refractivity contribution >= 4 is 12.1 Å². The maximum absolute atomic E-state index is 11.4. The number of rotatable bonds is 5. The quantitative estimate of drug-likeness (QED) is 0.619. The van der Waals surface area contributed by atoms with Gasteiger partial charge in [-0.05, 0) is 19.3 Å². The van der Waals surface area contributed by atoms with E-state index in [0.29, 0.717) is 23.1 Å². The van der Waals surface area contributed by atoms with E-state index in [1.807, 2.05) is 34.9 Å². The lowest BCUT2D eigenvalue weighted by Crippen LogP contribution is -2.13. The molecule has 1 aromatic carbocycles. The lowest BCUT2D eigenvalue weighted by atomic mass is 9.84. The molecule has 1 aliphatic rings. The zero-order valence-electron chi connectivity index (χ0n) is 15.9. The van der Waals surface area contributed by atoms with E-state index in [2.05, 4.69) is 16.9 Å². The number of nitrogens with zero attached hydrogens (tertiary/aromatic N) is 3. The highest BCUT2D eigenvalue weighted by Gasteiger charge is 2.21. The Morgan fingerprint density at radius 3 is 2.70 bits per heavy atom. The number of ether oxygens (including phenoxy) is 1. The summed E-state index contributed by atoms with van der Waals surface area (Å²) < 4.78 is 7.64. The lowest BCUT2D eigenvalue weighted by molar-refractivity contribution is 0.112. The molecule has 0 spiro atoms. The fraction of sp³-hybridized carbons (Fsp3) is 0.409. The van der Waals surface area contributed by atoms with Crippen molar-refractivity contribution in [3.8, 4) is 17.1 Å². The maximum Gasteiger partial charge on any atom is 0.237 e. The highest BCUT2D eigenvalue weighted by molar-refractivity contribution is 5.86. The van der Waals surface area contributed by atoms with E-state index >= 15 is 0 Å². The van der Waals surface area contributed by atoms with Gasteiger partial charge in [-0.25, -0.2) is 4.98 Å². The molecule has 0 N–H and O–H groups in total. The molecule has 0 atom stereocenters. The molecule has 1 fully saturated rings. The number of imidazole rings is 1. The van der Waals surface area contributed by atoms with E-state index < -0.39 is 0 Å². The van der Waals surface area contributed by atoms with Crippen molar-refractivity contribution in [3.05, 3.63) is 47.3 Å². The first-order valence-electron chi connectivity index (χ1n) is 9.68. The number of hydrogen-bond donors (Lipinski definition) is 0. The van der Waals surface area contributed by atoms with Crippen LogP contribution < -0.4 is 4.74 Å². The molecule has 0 aliphatic heterocycles. The van der Waals surface area contributed by atoms with Crippen LogP contribution in [0.4, 0.5) is 0 Å². The molecule has 0 amide bonds. The van der Waals surface area contributed by atoms with Gasteiger partial charge in [-0.2, -0.15) is 4.98 Å². The minimum Gasteiger partial charge on any atom is -0.481 e. The normalized spacial score (nSPS) is 15.2. The van der Waals surface area contributed by atoms with E-state index in [9.17, 15) is 4.79 Å².